The van der Waals surface area contributed by atoms with Crippen molar-refractivity contribution in [2.75, 3.05) is 12.4 Å². The maximum Gasteiger partial charge on any atom is 0.142 e. The molecule has 0 saturated carbocycles. The van der Waals surface area contributed by atoms with Crippen molar-refractivity contribution >= 4 is 28.7 Å². The first-order valence-corrected chi connectivity index (χ1v) is 12.9. The van der Waals surface area contributed by atoms with Crippen LogP contribution >= 0.6 is 11.6 Å². The van der Waals surface area contributed by atoms with E-state index in [1.165, 1.54) is 51.4 Å². The lowest BCUT2D eigenvalue weighted by molar-refractivity contribution is 0.416. The summed E-state index contributed by atoms with van der Waals surface area (Å²) in [5, 5.41) is 11.7. The molecule has 0 fully saturated rings. The van der Waals surface area contributed by atoms with Gasteiger partial charge < -0.3 is 15.5 Å². The van der Waals surface area contributed by atoms with Crippen LogP contribution in [0.25, 0.3) is 0 Å². The van der Waals surface area contributed by atoms with Gasteiger partial charge in [0.05, 0.1) is 18.5 Å². The Morgan fingerprint density at radius 2 is 1.52 bits per heavy atom. The van der Waals surface area contributed by atoms with Crippen molar-refractivity contribution in [2.24, 2.45) is 0 Å². The Labute approximate surface area is 208 Å². The number of nitrogens with zero attached hydrogens (tertiary/aromatic N) is 1. The van der Waals surface area contributed by atoms with E-state index >= 15 is 0 Å². The number of aryl methyl sites for hydroxylation is 1. The van der Waals surface area contributed by atoms with E-state index in [2.05, 4.69) is 38.0 Å². The molecule has 0 amide bonds. The predicted octanol–water partition coefficient (Wildman–Crippen LogP) is 9.75. The Kier molecular flexibility index (Phi) is 18.2. The zero-order chi connectivity index (χ0) is 25.1. The molecular formula is C28H46ClN3O. The van der Waals surface area contributed by atoms with Crippen LogP contribution in [0.5, 0.6) is 5.75 Å². The summed E-state index contributed by atoms with van der Waals surface area (Å²) >= 11 is 5.98. The van der Waals surface area contributed by atoms with Gasteiger partial charge in [0.25, 0.3) is 0 Å². The first-order valence-electron chi connectivity index (χ1n) is 12.5. The van der Waals surface area contributed by atoms with Gasteiger partial charge in [-0.3, -0.25) is 0 Å². The lowest BCUT2D eigenvalue weighted by Gasteiger charge is -2.15. The molecule has 2 aromatic rings. The number of methoxy groups -OCH3 is 1. The molecule has 0 aliphatic heterocycles. The number of benzene rings is 1. The number of aromatic nitrogens is 1. The normalized spacial score (nSPS) is 9.82. The molecule has 0 aliphatic rings. The summed E-state index contributed by atoms with van der Waals surface area (Å²) in [6.45, 7) is 12.8. The van der Waals surface area contributed by atoms with Crippen LogP contribution in [0.15, 0.2) is 30.5 Å². The highest BCUT2D eigenvalue weighted by Crippen LogP contribution is 2.31. The molecule has 2 rings (SSSR count). The van der Waals surface area contributed by atoms with Crippen LogP contribution in [0.4, 0.5) is 11.4 Å². The van der Waals surface area contributed by atoms with Crippen LogP contribution in [0.2, 0.25) is 5.15 Å². The van der Waals surface area contributed by atoms with Gasteiger partial charge in [-0.05, 0) is 37.1 Å². The van der Waals surface area contributed by atoms with E-state index in [9.17, 15) is 0 Å². The number of hydrogen-bond donors (Lipinski definition) is 2. The zero-order valence-electron chi connectivity index (χ0n) is 22.0. The Morgan fingerprint density at radius 1 is 0.909 bits per heavy atom. The first-order chi connectivity index (χ1) is 15.9. The maximum atomic E-state index is 8.03. The molecule has 1 aromatic carbocycles. The van der Waals surface area contributed by atoms with Crippen LogP contribution in [0.1, 0.15) is 104 Å². The molecule has 0 bridgehead atoms. The SMILES string of the molecule is CCC(=N)c1cnc(Cl)cc1Nc1ccc(C)cc1OC.CCCC.CCCCCCCC. The van der Waals surface area contributed by atoms with Crippen molar-refractivity contribution in [3.63, 3.8) is 0 Å². The largest absolute Gasteiger partial charge is 0.495 e. The lowest BCUT2D eigenvalue weighted by atomic mass is 10.1. The number of hydrogen-bond acceptors (Lipinski definition) is 4. The Balaban J connectivity index is 0.000000709. The average Bonchev–Trinajstić information content (AvgIpc) is 2.83. The second-order valence-corrected chi connectivity index (χ2v) is 8.51. The topological polar surface area (TPSA) is 58.0 Å². The number of nitrogens with one attached hydrogen (secondary N) is 2. The quantitative estimate of drug-likeness (QED) is 0.193. The molecule has 33 heavy (non-hydrogen) atoms. The Morgan fingerprint density at radius 3 is 2.00 bits per heavy atom. The Hall–Kier alpha value is -2.07. The van der Waals surface area contributed by atoms with Crippen molar-refractivity contribution in [1.29, 1.82) is 5.41 Å². The second kappa shape index (κ2) is 19.4. The van der Waals surface area contributed by atoms with Gasteiger partial charge in [0, 0.05) is 17.5 Å². The van der Waals surface area contributed by atoms with Gasteiger partial charge in [-0.1, -0.05) is 104 Å². The number of anilines is 2. The fraction of sp³-hybridized carbons (Fsp3) is 0.571. The summed E-state index contributed by atoms with van der Waals surface area (Å²) in [7, 11) is 1.63. The van der Waals surface area contributed by atoms with E-state index in [0.717, 1.165) is 28.3 Å². The minimum Gasteiger partial charge on any atom is -0.495 e. The fourth-order valence-corrected chi connectivity index (χ4v) is 3.02. The minimum absolute atomic E-state index is 0.385. The molecule has 0 unspecified atom stereocenters. The third-order valence-corrected chi connectivity index (χ3v) is 5.34. The number of halogens is 1. The van der Waals surface area contributed by atoms with Crippen molar-refractivity contribution in [3.05, 3.63) is 46.7 Å². The number of pyridine rings is 1. The van der Waals surface area contributed by atoms with Crippen LogP contribution in [-0.4, -0.2) is 17.8 Å². The first kappa shape index (κ1) is 30.9. The Bertz CT molecular complexity index is 785. The van der Waals surface area contributed by atoms with E-state index in [0.29, 0.717) is 17.3 Å². The highest BCUT2D eigenvalue weighted by atomic mass is 35.5. The monoisotopic (exact) mass is 475 g/mol. The molecule has 4 nitrogen and oxygen atoms in total. The zero-order valence-corrected chi connectivity index (χ0v) is 22.7. The van der Waals surface area contributed by atoms with E-state index in [4.69, 9.17) is 21.7 Å². The molecule has 186 valence electrons. The third-order valence-electron chi connectivity index (χ3n) is 5.13. The van der Waals surface area contributed by atoms with Gasteiger partial charge in [0.1, 0.15) is 10.9 Å². The highest BCUT2D eigenvalue weighted by molar-refractivity contribution is 6.29. The standard InChI is InChI=1S/C16H18ClN3O.C8H18.C4H10/c1-4-12(18)11-9-19-16(17)8-14(11)20-13-6-5-10(2)7-15(13)21-3;1-3-5-7-8-6-4-2;1-3-4-2/h5-9,18H,4H2,1-3H3,(H,19,20);3-8H2,1-2H3;3-4H2,1-2H3. The van der Waals surface area contributed by atoms with Gasteiger partial charge in [-0.15, -0.1) is 0 Å². The van der Waals surface area contributed by atoms with Gasteiger partial charge in [0.2, 0.25) is 0 Å². The van der Waals surface area contributed by atoms with E-state index in [1.807, 2.05) is 32.0 Å². The summed E-state index contributed by atoms with van der Waals surface area (Å²) in [5.41, 5.74) is 3.95. The predicted molar refractivity (Wildman–Crippen MR) is 147 cm³/mol. The van der Waals surface area contributed by atoms with E-state index < -0.39 is 0 Å². The van der Waals surface area contributed by atoms with Crippen molar-refractivity contribution in [1.82, 2.24) is 4.98 Å². The number of rotatable bonds is 11. The molecule has 0 radical (unpaired) electrons. The number of unbranched alkanes of at least 4 members (excludes halogenated alkanes) is 6. The smallest absolute Gasteiger partial charge is 0.142 e. The third kappa shape index (κ3) is 13.3. The van der Waals surface area contributed by atoms with Gasteiger partial charge in [-0.25, -0.2) is 4.98 Å². The van der Waals surface area contributed by atoms with Crippen LogP contribution < -0.4 is 10.1 Å². The van der Waals surface area contributed by atoms with Gasteiger partial charge >= 0.3 is 0 Å². The van der Waals surface area contributed by atoms with Crippen LogP contribution in [0, 0.1) is 12.3 Å². The van der Waals surface area contributed by atoms with Crippen LogP contribution in [-0.2, 0) is 0 Å². The molecule has 1 aromatic heterocycles. The average molecular weight is 476 g/mol. The lowest BCUT2D eigenvalue weighted by Crippen LogP contribution is -2.04. The highest BCUT2D eigenvalue weighted by Gasteiger charge is 2.11. The summed E-state index contributed by atoms with van der Waals surface area (Å²) in [5.74, 6) is 0.747. The van der Waals surface area contributed by atoms with Crippen LogP contribution in [0.3, 0.4) is 0 Å². The second-order valence-electron chi connectivity index (χ2n) is 8.13. The van der Waals surface area contributed by atoms with E-state index in [1.54, 1.807) is 19.4 Å². The summed E-state index contributed by atoms with van der Waals surface area (Å²) < 4.78 is 5.39. The maximum absolute atomic E-state index is 8.03. The molecular weight excluding hydrogens is 430 g/mol. The summed E-state index contributed by atoms with van der Waals surface area (Å²) in [6.07, 6.45) is 13.4. The van der Waals surface area contributed by atoms with Gasteiger partial charge in [-0.2, -0.15) is 0 Å². The summed E-state index contributed by atoms with van der Waals surface area (Å²) in [4.78, 5) is 4.06. The molecule has 1 heterocycles. The van der Waals surface area contributed by atoms with Crippen molar-refractivity contribution in [2.45, 2.75) is 99.3 Å². The molecule has 5 heteroatoms. The molecule has 0 atom stereocenters. The fourth-order valence-electron chi connectivity index (χ4n) is 2.86. The van der Waals surface area contributed by atoms with Crippen molar-refractivity contribution < 1.29 is 4.74 Å². The molecule has 0 spiro atoms. The number of ether oxygens (including phenoxy) is 1. The van der Waals surface area contributed by atoms with E-state index in [-0.39, 0.29) is 0 Å². The minimum atomic E-state index is 0.385. The molecule has 0 aliphatic carbocycles. The molecule has 0 saturated heterocycles. The van der Waals surface area contributed by atoms with Crippen molar-refractivity contribution in [3.8, 4) is 5.75 Å². The van der Waals surface area contributed by atoms with Gasteiger partial charge in [0.15, 0.2) is 0 Å². The molecule has 2 N–H and O–H groups in total. The summed E-state index contributed by atoms with van der Waals surface area (Å²) in [6, 6.07) is 7.62.